The van der Waals surface area contributed by atoms with Gasteiger partial charge >= 0.3 is 5.97 Å². The summed E-state index contributed by atoms with van der Waals surface area (Å²) < 4.78 is 5.28. The molecule has 0 amide bonds. The number of nitrogens with two attached hydrogens (primary N) is 1. The van der Waals surface area contributed by atoms with E-state index in [0.29, 0.717) is 0 Å². The van der Waals surface area contributed by atoms with Crippen LogP contribution in [0.15, 0.2) is 18.2 Å². The van der Waals surface area contributed by atoms with Crippen LogP contribution in [0.5, 0.6) is 0 Å². The Bertz CT molecular complexity index is 433. The summed E-state index contributed by atoms with van der Waals surface area (Å²) >= 11 is 0. The lowest BCUT2D eigenvalue weighted by molar-refractivity contribution is -0.155. The highest BCUT2D eigenvalue weighted by molar-refractivity contribution is 5.71. The smallest absolute Gasteiger partial charge is 0.308 e. The fourth-order valence-corrected chi connectivity index (χ4v) is 1.83. The molecule has 0 spiro atoms. The molecule has 1 unspecified atom stereocenters. The highest BCUT2D eigenvalue weighted by Gasteiger charge is 2.20. The van der Waals surface area contributed by atoms with Gasteiger partial charge in [0.05, 0.1) is 6.42 Å². The Kier molecular flexibility index (Phi) is 4.52. The largest absolute Gasteiger partial charge is 0.460 e. The first-order valence-corrected chi connectivity index (χ1v) is 6.23. The second-order valence-electron chi connectivity index (χ2n) is 5.76. The summed E-state index contributed by atoms with van der Waals surface area (Å²) in [5, 5.41) is 0. The van der Waals surface area contributed by atoms with Gasteiger partial charge in [-0.1, -0.05) is 23.8 Å². The molecule has 3 heteroatoms. The second kappa shape index (κ2) is 5.53. The predicted octanol–water partition coefficient (Wildman–Crippen LogP) is 3.04. The van der Waals surface area contributed by atoms with E-state index < -0.39 is 5.60 Å². The van der Waals surface area contributed by atoms with Crippen molar-refractivity contribution in [3.63, 3.8) is 0 Å². The van der Waals surface area contributed by atoms with E-state index >= 15 is 0 Å². The van der Waals surface area contributed by atoms with E-state index in [-0.39, 0.29) is 18.4 Å². The summed E-state index contributed by atoms with van der Waals surface area (Å²) in [6, 6.07) is 5.79. The van der Waals surface area contributed by atoms with Crippen LogP contribution in [0.25, 0.3) is 0 Å². The number of benzene rings is 1. The van der Waals surface area contributed by atoms with E-state index in [9.17, 15) is 4.79 Å². The molecule has 0 aliphatic heterocycles. The van der Waals surface area contributed by atoms with E-state index in [2.05, 4.69) is 0 Å². The molecule has 0 aliphatic rings. The lowest BCUT2D eigenvalue weighted by Crippen LogP contribution is -2.26. The van der Waals surface area contributed by atoms with Crippen LogP contribution in [0.3, 0.4) is 0 Å². The fraction of sp³-hybridized carbons (Fsp3) is 0.533. The highest BCUT2D eigenvalue weighted by Crippen LogP contribution is 2.21. The van der Waals surface area contributed by atoms with E-state index in [4.69, 9.17) is 10.5 Å². The van der Waals surface area contributed by atoms with Crippen molar-refractivity contribution in [2.75, 3.05) is 0 Å². The molecule has 0 fully saturated rings. The summed E-state index contributed by atoms with van der Waals surface area (Å²) in [6.45, 7) is 9.59. The van der Waals surface area contributed by atoms with Gasteiger partial charge in [0.1, 0.15) is 5.60 Å². The van der Waals surface area contributed by atoms with Crippen LogP contribution in [-0.4, -0.2) is 11.6 Å². The average Bonchev–Trinajstić information content (AvgIpc) is 2.18. The summed E-state index contributed by atoms with van der Waals surface area (Å²) in [5.74, 6) is -0.254. The van der Waals surface area contributed by atoms with Gasteiger partial charge < -0.3 is 10.5 Å². The molecular weight excluding hydrogens is 226 g/mol. The molecule has 1 aromatic rings. The zero-order chi connectivity index (χ0) is 13.9. The Morgan fingerprint density at radius 1 is 1.33 bits per heavy atom. The topological polar surface area (TPSA) is 52.3 Å². The molecule has 0 aliphatic carbocycles. The van der Waals surface area contributed by atoms with Gasteiger partial charge in [-0.25, -0.2) is 0 Å². The molecule has 0 radical (unpaired) electrons. The van der Waals surface area contributed by atoms with E-state index in [0.717, 1.165) is 16.7 Å². The standard InChI is InChI=1S/C15H23NO2/c1-10-6-7-11(2)12(8-10)13(16)9-14(17)18-15(3,4)5/h6-8,13H,9,16H2,1-5H3. The van der Waals surface area contributed by atoms with Crippen LogP contribution in [0, 0.1) is 13.8 Å². The first-order valence-electron chi connectivity index (χ1n) is 6.23. The quantitative estimate of drug-likeness (QED) is 0.838. The number of aryl methyl sites for hydroxylation is 2. The van der Waals surface area contributed by atoms with Crippen molar-refractivity contribution in [1.29, 1.82) is 0 Å². The Morgan fingerprint density at radius 2 is 1.94 bits per heavy atom. The van der Waals surface area contributed by atoms with E-state index in [1.807, 2.05) is 52.8 Å². The molecule has 0 heterocycles. The SMILES string of the molecule is Cc1ccc(C)c(C(N)CC(=O)OC(C)(C)C)c1. The van der Waals surface area contributed by atoms with Crippen LogP contribution in [-0.2, 0) is 9.53 Å². The van der Waals surface area contributed by atoms with Gasteiger partial charge in [0, 0.05) is 6.04 Å². The summed E-state index contributed by atoms with van der Waals surface area (Å²) in [4.78, 5) is 11.7. The number of esters is 1. The third kappa shape index (κ3) is 4.49. The Balaban J connectivity index is 2.73. The maximum Gasteiger partial charge on any atom is 0.308 e. The van der Waals surface area contributed by atoms with E-state index in [1.165, 1.54) is 0 Å². The first kappa shape index (κ1) is 14.7. The van der Waals surface area contributed by atoms with Gasteiger partial charge in [-0.3, -0.25) is 4.79 Å². The normalized spacial score (nSPS) is 13.2. The van der Waals surface area contributed by atoms with Crippen molar-refractivity contribution < 1.29 is 9.53 Å². The molecule has 100 valence electrons. The minimum Gasteiger partial charge on any atom is -0.460 e. The van der Waals surface area contributed by atoms with Gasteiger partial charge in [0.2, 0.25) is 0 Å². The Hall–Kier alpha value is -1.35. The molecule has 18 heavy (non-hydrogen) atoms. The van der Waals surface area contributed by atoms with Gasteiger partial charge in [0.15, 0.2) is 0 Å². The number of carbonyl (C=O) groups excluding carboxylic acids is 1. The Labute approximate surface area is 109 Å². The van der Waals surface area contributed by atoms with Gasteiger partial charge in [-0.05, 0) is 45.7 Å². The van der Waals surface area contributed by atoms with Crippen LogP contribution in [0.4, 0.5) is 0 Å². The number of rotatable bonds is 3. The molecule has 1 rings (SSSR count). The lowest BCUT2D eigenvalue weighted by atomic mass is 9.97. The zero-order valence-corrected chi connectivity index (χ0v) is 11.9. The van der Waals surface area contributed by atoms with Gasteiger partial charge in [-0.2, -0.15) is 0 Å². The van der Waals surface area contributed by atoms with Crippen molar-refractivity contribution in [1.82, 2.24) is 0 Å². The number of hydrogen-bond donors (Lipinski definition) is 1. The van der Waals surface area contributed by atoms with Crippen LogP contribution < -0.4 is 5.73 Å². The monoisotopic (exact) mass is 249 g/mol. The second-order valence-corrected chi connectivity index (χ2v) is 5.76. The van der Waals surface area contributed by atoms with Crippen molar-refractivity contribution >= 4 is 5.97 Å². The molecule has 0 bridgehead atoms. The molecular formula is C15H23NO2. The third-order valence-electron chi connectivity index (χ3n) is 2.64. The molecule has 3 nitrogen and oxygen atoms in total. The van der Waals surface area contributed by atoms with Crippen LogP contribution in [0.2, 0.25) is 0 Å². The lowest BCUT2D eigenvalue weighted by Gasteiger charge is -2.21. The molecule has 1 atom stereocenters. The van der Waals surface area contributed by atoms with Crippen molar-refractivity contribution in [3.05, 3.63) is 34.9 Å². The fourth-order valence-electron chi connectivity index (χ4n) is 1.83. The van der Waals surface area contributed by atoms with Crippen LogP contribution in [0.1, 0.15) is 49.9 Å². The highest BCUT2D eigenvalue weighted by atomic mass is 16.6. The molecule has 0 saturated heterocycles. The molecule has 2 N–H and O–H groups in total. The van der Waals surface area contributed by atoms with Gasteiger partial charge in [0.25, 0.3) is 0 Å². The maximum absolute atomic E-state index is 11.7. The third-order valence-corrected chi connectivity index (χ3v) is 2.64. The average molecular weight is 249 g/mol. The number of ether oxygens (including phenoxy) is 1. The number of hydrogen-bond acceptors (Lipinski definition) is 3. The zero-order valence-electron chi connectivity index (χ0n) is 11.9. The van der Waals surface area contributed by atoms with Crippen molar-refractivity contribution in [2.45, 2.75) is 52.7 Å². The van der Waals surface area contributed by atoms with Crippen LogP contribution >= 0.6 is 0 Å². The van der Waals surface area contributed by atoms with Crippen molar-refractivity contribution in [3.8, 4) is 0 Å². The summed E-state index contributed by atoms with van der Waals surface area (Å²) in [6.07, 6.45) is 0.210. The molecule has 1 aromatic carbocycles. The predicted molar refractivity (Wildman–Crippen MR) is 73.3 cm³/mol. The number of carbonyl (C=O) groups is 1. The minimum absolute atomic E-state index is 0.210. The molecule has 0 aromatic heterocycles. The maximum atomic E-state index is 11.7. The summed E-state index contributed by atoms with van der Waals surface area (Å²) in [5.41, 5.74) is 8.89. The van der Waals surface area contributed by atoms with E-state index in [1.54, 1.807) is 0 Å². The molecule has 0 saturated carbocycles. The van der Waals surface area contributed by atoms with Gasteiger partial charge in [-0.15, -0.1) is 0 Å². The van der Waals surface area contributed by atoms with Crippen molar-refractivity contribution in [2.24, 2.45) is 5.73 Å². The summed E-state index contributed by atoms with van der Waals surface area (Å²) in [7, 11) is 0. The Morgan fingerprint density at radius 3 is 2.50 bits per heavy atom. The first-order chi connectivity index (χ1) is 8.19. The minimum atomic E-state index is -0.460.